The van der Waals surface area contributed by atoms with Crippen LogP contribution in [0.2, 0.25) is 0 Å². The van der Waals surface area contributed by atoms with Gasteiger partial charge in [-0.05, 0) is 26.2 Å². The molecule has 0 aliphatic heterocycles. The Morgan fingerprint density at radius 3 is 2.43 bits per heavy atom. The molecule has 0 spiro atoms. The molecule has 0 aromatic rings. The molecule has 2 unspecified atom stereocenters. The molecule has 0 amide bonds. The Labute approximate surface area is 87.2 Å². The van der Waals surface area contributed by atoms with E-state index in [1.54, 1.807) is 6.92 Å². The maximum atomic E-state index is 8.67. The Balaban J connectivity index is 3.60. The van der Waals surface area contributed by atoms with Crippen LogP contribution in [0.25, 0.3) is 0 Å². The molecule has 0 saturated heterocycles. The van der Waals surface area contributed by atoms with Crippen molar-refractivity contribution in [3.05, 3.63) is 0 Å². The van der Waals surface area contributed by atoms with E-state index in [-0.39, 0.29) is 6.10 Å². The fraction of sp³-hybridized carbons (Fsp3) is 0.909. The van der Waals surface area contributed by atoms with Gasteiger partial charge in [0.05, 0.1) is 12.2 Å². The summed E-state index contributed by atoms with van der Waals surface area (Å²) in [5.74, 6) is 0.644. The molecule has 0 bridgehead atoms. The van der Waals surface area contributed by atoms with E-state index in [0.717, 1.165) is 6.42 Å². The molecule has 0 aliphatic carbocycles. The maximum absolute atomic E-state index is 8.67. The van der Waals surface area contributed by atoms with Crippen molar-refractivity contribution in [3.8, 4) is 6.07 Å². The SMILES string of the molecule is CC(C)CC(C)OCCC(C)(N)C#N. The number of hydrogen-bond acceptors (Lipinski definition) is 3. The maximum Gasteiger partial charge on any atom is 0.103 e. The van der Waals surface area contributed by atoms with Gasteiger partial charge in [0.15, 0.2) is 0 Å². The van der Waals surface area contributed by atoms with Crippen molar-refractivity contribution in [2.24, 2.45) is 11.7 Å². The monoisotopic (exact) mass is 198 g/mol. The predicted octanol–water partition coefficient (Wildman–Crippen LogP) is 2.07. The van der Waals surface area contributed by atoms with Crippen LogP contribution in [0, 0.1) is 17.2 Å². The first-order chi connectivity index (χ1) is 6.37. The van der Waals surface area contributed by atoms with Crippen LogP contribution in [-0.2, 0) is 4.74 Å². The fourth-order valence-corrected chi connectivity index (χ4v) is 1.26. The van der Waals surface area contributed by atoms with Gasteiger partial charge in [-0.3, -0.25) is 0 Å². The second kappa shape index (κ2) is 6.00. The third-order valence-corrected chi connectivity index (χ3v) is 2.08. The van der Waals surface area contributed by atoms with E-state index >= 15 is 0 Å². The summed E-state index contributed by atoms with van der Waals surface area (Å²) in [4.78, 5) is 0. The molecule has 0 radical (unpaired) electrons. The third-order valence-electron chi connectivity index (χ3n) is 2.08. The molecule has 2 N–H and O–H groups in total. The van der Waals surface area contributed by atoms with E-state index in [2.05, 4.69) is 26.8 Å². The zero-order valence-electron chi connectivity index (χ0n) is 9.71. The van der Waals surface area contributed by atoms with E-state index in [4.69, 9.17) is 15.7 Å². The number of nitriles is 1. The Morgan fingerprint density at radius 1 is 1.43 bits per heavy atom. The minimum absolute atomic E-state index is 0.254. The molecule has 0 saturated carbocycles. The summed E-state index contributed by atoms with van der Waals surface area (Å²) in [6.45, 7) is 8.68. The molecule has 0 rings (SSSR count). The van der Waals surface area contributed by atoms with E-state index in [0.29, 0.717) is 18.9 Å². The smallest absolute Gasteiger partial charge is 0.103 e. The Bertz CT molecular complexity index is 194. The Morgan fingerprint density at radius 2 is 2.00 bits per heavy atom. The van der Waals surface area contributed by atoms with Gasteiger partial charge in [0.1, 0.15) is 5.54 Å². The molecule has 3 heteroatoms. The van der Waals surface area contributed by atoms with Crippen molar-refractivity contribution in [2.45, 2.75) is 52.2 Å². The summed E-state index contributed by atoms with van der Waals surface area (Å²) in [5, 5.41) is 8.67. The molecule has 14 heavy (non-hydrogen) atoms. The highest BCUT2D eigenvalue weighted by Gasteiger charge is 2.17. The lowest BCUT2D eigenvalue weighted by Gasteiger charge is -2.19. The van der Waals surface area contributed by atoms with Crippen LogP contribution < -0.4 is 5.73 Å². The first kappa shape index (κ1) is 13.4. The Kier molecular flexibility index (Phi) is 5.75. The van der Waals surface area contributed by atoms with Crippen LogP contribution in [0.5, 0.6) is 0 Å². The van der Waals surface area contributed by atoms with Crippen LogP contribution in [-0.4, -0.2) is 18.2 Å². The fourth-order valence-electron chi connectivity index (χ4n) is 1.26. The van der Waals surface area contributed by atoms with E-state index in [1.807, 2.05) is 0 Å². The normalized spacial score (nSPS) is 17.5. The Hall–Kier alpha value is -0.590. The number of nitrogens with two attached hydrogens (primary N) is 1. The molecular weight excluding hydrogens is 176 g/mol. The van der Waals surface area contributed by atoms with Crippen molar-refractivity contribution in [3.63, 3.8) is 0 Å². The molecule has 2 atom stereocenters. The number of nitrogens with zero attached hydrogens (tertiary/aromatic N) is 1. The topological polar surface area (TPSA) is 59.0 Å². The zero-order chi connectivity index (χ0) is 11.2. The van der Waals surface area contributed by atoms with Gasteiger partial charge in [-0.2, -0.15) is 5.26 Å². The van der Waals surface area contributed by atoms with Gasteiger partial charge in [0.25, 0.3) is 0 Å². The van der Waals surface area contributed by atoms with Gasteiger partial charge in [-0.1, -0.05) is 13.8 Å². The van der Waals surface area contributed by atoms with Crippen molar-refractivity contribution < 1.29 is 4.74 Å². The van der Waals surface area contributed by atoms with Gasteiger partial charge in [0.2, 0.25) is 0 Å². The highest BCUT2D eigenvalue weighted by atomic mass is 16.5. The van der Waals surface area contributed by atoms with Crippen molar-refractivity contribution in [1.82, 2.24) is 0 Å². The second-order valence-electron chi connectivity index (χ2n) is 4.59. The quantitative estimate of drug-likeness (QED) is 0.710. The van der Waals surface area contributed by atoms with Crippen molar-refractivity contribution in [1.29, 1.82) is 5.26 Å². The number of hydrogen-bond donors (Lipinski definition) is 1. The standard InChI is InChI=1S/C11H22N2O/c1-9(2)7-10(3)14-6-5-11(4,13)8-12/h9-10H,5-7,13H2,1-4H3. The molecule has 3 nitrogen and oxygen atoms in total. The molecule has 82 valence electrons. The summed E-state index contributed by atoms with van der Waals surface area (Å²) >= 11 is 0. The number of rotatable bonds is 6. The van der Waals surface area contributed by atoms with Gasteiger partial charge in [0, 0.05) is 13.0 Å². The highest BCUT2D eigenvalue weighted by molar-refractivity contribution is 5.00. The lowest BCUT2D eigenvalue weighted by molar-refractivity contribution is 0.0453. The van der Waals surface area contributed by atoms with E-state index in [9.17, 15) is 0 Å². The number of ether oxygens (including phenoxy) is 1. The molecule has 0 fully saturated rings. The lowest BCUT2D eigenvalue weighted by Crippen LogP contribution is -2.35. The van der Waals surface area contributed by atoms with Crippen molar-refractivity contribution in [2.75, 3.05) is 6.61 Å². The summed E-state index contributed by atoms with van der Waals surface area (Å²) in [6, 6.07) is 2.05. The summed E-state index contributed by atoms with van der Waals surface area (Å²) < 4.78 is 5.56. The minimum atomic E-state index is -0.752. The molecular formula is C11H22N2O. The van der Waals surface area contributed by atoms with Crippen LogP contribution in [0.1, 0.15) is 40.5 Å². The zero-order valence-corrected chi connectivity index (χ0v) is 9.71. The first-order valence-electron chi connectivity index (χ1n) is 5.19. The predicted molar refractivity (Wildman–Crippen MR) is 57.7 cm³/mol. The van der Waals surface area contributed by atoms with Crippen LogP contribution in [0.4, 0.5) is 0 Å². The van der Waals surface area contributed by atoms with Gasteiger partial charge < -0.3 is 10.5 Å². The minimum Gasteiger partial charge on any atom is -0.378 e. The van der Waals surface area contributed by atoms with Crippen LogP contribution in [0.3, 0.4) is 0 Å². The van der Waals surface area contributed by atoms with Gasteiger partial charge >= 0.3 is 0 Å². The average molecular weight is 198 g/mol. The summed E-state index contributed by atoms with van der Waals surface area (Å²) in [5.41, 5.74) is 4.91. The molecule has 0 heterocycles. The lowest BCUT2D eigenvalue weighted by atomic mass is 10.0. The van der Waals surface area contributed by atoms with E-state index in [1.165, 1.54) is 0 Å². The van der Waals surface area contributed by atoms with Crippen LogP contribution in [0.15, 0.2) is 0 Å². The van der Waals surface area contributed by atoms with Crippen LogP contribution >= 0.6 is 0 Å². The van der Waals surface area contributed by atoms with Gasteiger partial charge in [-0.25, -0.2) is 0 Å². The molecule has 0 aromatic heterocycles. The summed E-state index contributed by atoms with van der Waals surface area (Å²) in [7, 11) is 0. The first-order valence-corrected chi connectivity index (χ1v) is 5.19. The average Bonchev–Trinajstić information content (AvgIpc) is 2.02. The second-order valence-corrected chi connectivity index (χ2v) is 4.59. The van der Waals surface area contributed by atoms with Crippen molar-refractivity contribution >= 4 is 0 Å². The molecule has 0 aliphatic rings. The van der Waals surface area contributed by atoms with E-state index < -0.39 is 5.54 Å². The largest absolute Gasteiger partial charge is 0.378 e. The molecule has 0 aromatic carbocycles. The van der Waals surface area contributed by atoms with Gasteiger partial charge in [-0.15, -0.1) is 0 Å². The highest BCUT2D eigenvalue weighted by Crippen LogP contribution is 2.10. The summed E-state index contributed by atoms with van der Waals surface area (Å²) in [6.07, 6.45) is 1.89. The third kappa shape index (κ3) is 6.88.